The summed E-state index contributed by atoms with van der Waals surface area (Å²) in [7, 11) is 1.52. The van der Waals surface area contributed by atoms with Gasteiger partial charge in [0.05, 0.1) is 26.9 Å². The van der Waals surface area contributed by atoms with Crippen molar-refractivity contribution in [3.8, 4) is 11.5 Å². The summed E-state index contributed by atoms with van der Waals surface area (Å²) in [5.41, 5.74) is 2.79. The maximum atomic E-state index is 12.7. The average molecular weight is 576 g/mol. The molecule has 1 fully saturated rings. The van der Waals surface area contributed by atoms with Crippen molar-refractivity contribution < 1.29 is 23.0 Å². The lowest BCUT2D eigenvalue weighted by Gasteiger charge is -2.28. The number of benzene rings is 2. The molecule has 7 nitrogen and oxygen atoms in total. The normalized spacial score (nSPS) is 14.0. The molecule has 0 aliphatic carbocycles. The van der Waals surface area contributed by atoms with E-state index in [0.29, 0.717) is 30.4 Å². The van der Waals surface area contributed by atoms with E-state index in [9.17, 15) is 8.78 Å². The maximum absolute atomic E-state index is 12.7. The van der Waals surface area contributed by atoms with Crippen LogP contribution in [-0.2, 0) is 17.8 Å². The van der Waals surface area contributed by atoms with Gasteiger partial charge in [0.25, 0.3) is 0 Å². The van der Waals surface area contributed by atoms with Gasteiger partial charge in [-0.2, -0.15) is 8.78 Å². The molecule has 10 heteroatoms. The summed E-state index contributed by atoms with van der Waals surface area (Å²) in [6, 6.07) is 13.0. The van der Waals surface area contributed by atoms with Crippen LogP contribution < -0.4 is 25.0 Å². The number of methoxy groups -OCH3 is 1. The number of morpholine rings is 1. The van der Waals surface area contributed by atoms with Gasteiger partial charge in [-0.05, 0) is 42.8 Å². The van der Waals surface area contributed by atoms with Crippen molar-refractivity contribution >= 4 is 35.6 Å². The van der Waals surface area contributed by atoms with Crippen LogP contribution in [0.2, 0.25) is 0 Å². The van der Waals surface area contributed by atoms with Crippen molar-refractivity contribution in [1.29, 1.82) is 0 Å². The Morgan fingerprint density at radius 3 is 2.48 bits per heavy atom. The highest BCUT2D eigenvalue weighted by molar-refractivity contribution is 14.0. The topological polar surface area (TPSA) is 67.4 Å². The summed E-state index contributed by atoms with van der Waals surface area (Å²) >= 11 is 0. The van der Waals surface area contributed by atoms with Gasteiger partial charge in [0.1, 0.15) is 11.5 Å². The Bertz CT molecular complexity index is 879. The zero-order chi connectivity index (χ0) is 22.8. The molecule has 1 aliphatic heterocycles. The Hall–Kier alpha value is -2.34. The molecule has 0 atom stereocenters. The van der Waals surface area contributed by atoms with E-state index in [1.807, 2.05) is 6.92 Å². The Morgan fingerprint density at radius 1 is 1.12 bits per heavy atom. The van der Waals surface area contributed by atoms with Crippen molar-refractivity contribution in [2.45, 2.75) is 26.6 Å². The minimum Gasteiger partial charge on any atom is -0.497 e. The molecule has 2 N–H and O–H groups in total. The SMILES string of the molecule is CCNC(=NCc1ccc(N2CCOCC2)cc1)NCc1cc(OC)ccc1OC(F)F.I. The number of hydrogen-bond donors (Lipinski definition) is 2. The second kappa shape index (κ2) is 14.0. The second-order valence-corrected chi connectivity index (χ2v) is 7.17. The molecule has 1 heterocycles. The number of hydrogen-bond acceptors (Lipinski definition) is 5. The van der Waals surface area contributed by atoms with Gasteiger partial charge in [-0.15, -0.1) is 24.0 Å². The fraction of sp³-hybridized carbons (Fsp3) is 0.435. The standard InChI is InChI=1S/C23H30F2N4O3.HI/c1-3-26-23(28-16-18-14-20(30-2)8-9-21(18)32-22(24)25)27-15-17-4-6-19(7-5-17)29-10-12-31-13-11-29;/h4-9,14,22H,3,10-13,15-16H2,1-2H3,(H2,26,27,28);1H. The van der Waals surface area contributed by atoms with Crippen LogP contribution in [0.5, 0.6) is 11.5 Å². The summed E-state index contributed by atoms with van der Waals surface area (Å²) in [6.45, 7) is 3.76. The predicted molar refractivity (Wildman–Crippen MR) is 136 cm³/mol. The first-order valence-electron chi connectivity index (χ1n) is 10.6. The van der Waals surface area contributed by atoms with E-state index in [1.54, 1.807) is 12.1 Å². The largest absolute Gasteiger partial charge is 0.497 e. The number of nitrogens with one attached hydrogen (secondary N) is 2. The zero-order valence-electron chi connectivity index (χ0n) is 18.9. The molecule has 1 saturated heterocycles. The first-order valence-corrected chi connectivity index (χ1v) is 10.6. The molecule has 1 aliphatic rings. The van der Waals surface area contributed by atoms with Crippen LogP contribution in [0.3, 0.4) is 0 Å². The molecule has 0 spiro atoms. The highest BCUT2D eigenvalue weighted by Gasteiger charge is 2.12. The van der Waals surface area contributed by atoms with Crippen LogP contribution in [0.25, 0.3) is 0 Å². The molecule has 0 amide bonds. The third-order valence-electron chi connectivity index (χ3n) is 5.01. The first-order chi connectivity index (χ1) is 15.6. The molecular weight excluding hydrogens is 545 g/mol. The molecule has 0 aromatic heterocycles. The van der Waals surface area contributed by atoms with Gasteiger partial charge >= 0.3 is 6.61 Å². The van der Waals surface area contributed by atoms with Gasteiger partial charge in [0.2, 0.25) is 0 Å². The summed E-state index contributed by atoms with van der Waals surface area (Å²) in [5.74, 6) is 1.24. The van der Waals surface area contributed by atoms with Gasteiger partial charge in [-0.3, -0.25) is 0 Å². The van der Waals surface area contributed by atoms with Crippen LogP contribution in [-0.4, -0.2) is 52.5 Å². The monoisotopic (exact) mass is 576 g/mol. The summed E-state index contributed by atoms with van der Waals surface area (Å²) in [6.07, 6.45) is 0. The van der Waals surface area contributed by atoms with E-state index >= 15 is 0 Å². The van der Waals surface area contributed by atoms with Gasteiger partial charge in [0, 0.05) is 37.4 Å². The lowest BCUT2D eigenvalue weighted by molar-refractivity contribution is -0.0505. The number of aliphatic imine (C=N–C) groups is 1. The third kappa shape index (κ3) is 8.50. The van der Waals surface area contributed by atoms with Crippen LogP contribution in [0.4, 0.5) is 14.5 Å². The van der Waals surface area contributed by atoms with E-state index in [1.165, 1.54) is 18.9 Å². The van der Waals surface area contributed by atoms with Gasteiger partial charge in [-0.25, -0.2) is 4.99 Å². The third-order valence-corrected chi connectivity index (χ3v) is 5.01. The number of halogens is 3. The molecule has 0 unspecified atom stereocenters. The summed E-state index contributed by atoms with van der Waals surface area (Å²) < 4.78 is 40.7. The Balaban J connectivity index is 0.00000385. The minimum atomic E-state index is -2.90. The Morgan fingerprint density at radius 2 is 1.85 bits per heavy atom. The molecule has 3 rings (SSSR count). The molecule has 0 saturated carbocycles. The van der Waals surface area contributed by atoms with Crippen molar-refractivity contribution in [3.05, 3.63) is 53.6 Å². The van der Waals surface area contributed by atoms with E-state index in [0.717, 1.165) is 31.9 Å². The maximum Gasteiger partial charge on any atom is 0.387 e. The lowest BCUT2D eigenvalue weighted by Crippen LogP contribution is -2.37. The quantitative estimate of drug-likeness (QED) is 0.267. The van der Waals surface area contributed by atoms with Gasteiger partial charge in [0.15, 0.2) is 5.96 Å². The number of guanidine groups is 1. The van der Waals surface area contributed by atoms with Crippen LogP contribution >= 0.6 is 24.0 Å². The highest BCUT2D eigenvalue weighted by Crippen LogP contribution is 2.25. The van der Waals surface area contributed by atoms with Crippen molar-refractivity contribution in [2.75, 3.05) is 44.9 Å². The Kier molecular flexibility index (Phi) is 11.4. The molecule has 2 aromatic rings. The van der Waals surface area contributed by atoms with Crippen LogP contribution in [0.15, 0.2) is 47.5 Å². The molecular formula is C23H31F2IN4O3. The average Bonchev–Trinajstić information content (AvgIpc) is 2.82. The van der Waals surface area contributed by atoms with E-state index in [-0.39, 0.29) is 36.3 Å². The number of alkyl halides is 2. The second-order valence-electron chi connectivity index (χ2n) is 7.17. The fourth-order valence-corrected chi connectivity index (χ4v) is 3.36. The summed E-state index contributed by atoms with van der Waals surface area (Å²) in [4.78, 5) is 6.92. The van der Waals surface area contributed by atoms with E-state index in [4.69, 9.17) is 9.47 Å². The van der Waals surface area contributed by atoms with Crippen molar-refractivity contribution in [2.24, 2.45) is 4.99 Å². The molecule has 33 heavy (non-hydrogen) atoms. The smallest absolute Gasteiger partial charge is 0.387 e. The number of nitrogens with zero attached hydrogens (tertiary/aromatic N) is 2. The Labute approximate surface area is 210 Å². The molecule has 0 radical (unpaired) electrons. The highest BCUT2D eigenvalue weighted by atomic mass is 127. The fourth-order valence-electron chi connectivity index (χ4n) is 3.36. The predicted octanol–water partition coefficient (Wildman–Crippen LogP) is 4.01. The number of rotatable bonds is 9. The first kappa shape index (κ1) is 26.9. The van der Waals surface area contributed by atoms with Crippen LogP contribution in [0, 0.1) is 0 Å². The minimum absolute atomic E-state index is 0. The zero-order valence-corrected chi connectivity index (χ0v) is 21.2. The number of ether oxygens (including phenoxy) is 3. The number of anilines is 1. The molecule has 0 bridgehead atoms. The summed E-state index contributed by atoms with van der Waals surface area (Å²) in [5, 5.41) is 6.34. The van der Waals surface area contributed by atoms with Gasteiger partial charge < -0.3 is 29.7 Å². The van der Waals surface area contributed by atoms with Crippen LogP contribution in [0.1, 0.15) is 18.1 Å². The lowest BCUT2D eigenvalue weighted by atomic mass is 10.2. The van der Waals surface area contributed by atoms with Gasteiger partial charge in [-0.1, -0.05) is 12.1 Å². The van der Waals surface area contributed by atoms with E-state index < -0.39 is 6.61 Å². The molecule has 182 valence electrons. The van der Waals surface area contributed by atoms with E-state index in [2.05, 4.69) is 49.5 Å². The van der Waals surface area contributed by atoms with Crippen molar-refractivity contribution in [1.82, 2.24) is 10.6 Å². The molecule has 2 aromatic carbocycles. The van der Waals surface area contributed by atoms with Crippen molar-refractivity contribution in [3.63, 3.8) is 0 Å².